The van der Waals surface area contributed by atoms with Crippen LogP contribution < -0.4 is 10.6 Å². The first-order chi connectivity index (χ1) is 9.06. The number of anilines is 2. The molecule has 2 rings (SSSR count). The second-order valence-electron chi connectivity index (χ2n) is 3.68. The summed E-state index contributed by atoms with van der Waals surface area (Å²) in [5, 5.41) is 6.12. The van der Waals surface area contributed by atoms with E-state index < -0.39 is 11.6 Å². The fourth-order valence-electron chi connectivity index (χ4n) is 1.43. The van der Waals surface area contributed by atoms with Crippen molar-refractivity contribution in [1.29, 1.82) is 0 Å². The van der Waals surface area contributed by atoms with Gasteiger partial charge < -0.3 is 10.6 Å². The third kappa shape index (κ3) is 3.62. The van der Waals surface area contributed by atoms with Gasteiger partial charge in [0, 0.05) is 6.07 Å². The van der Waals surface area contributed by atoms with Gasteiger partial charge >= 0.3 is 0 Å². The second-order valence-corrected chi connectivity index (χ2v) is 4.50. The molecule has 0 heterocycles. The monoisotopic (exact) mass is 298 g/mol. The van der Waals surface area contributed by atoms with Crippen LogP contribution in [0, 0.1) is 11.6 Å². The molecule has 2 aromatic carbocycles. The van der Waals surface area contributed by atoms with E-state index in [9.17, 15) is 8.78 Å². The van der Waals surface area contributed by atoms with Crippen molar-refractivity contribution < 1.29 is 8.78 Å². The van der Waals surface area contributed by atoms with Gasteiger partial charge in [0.1, 0.15) is 11.6 Å². The van der Waals surface area contributed by atoms with Crippen LogP contribution in [0.1, 0.15) is 0 Å². The van der Waals surface area contributed by atoms with Gasteiger partial charge in [0.2, 0.25) is 0 Å². The van der Waals surface area contributed by atoms with Crippen LogP contribution in [0.3, 0.4) is 0 Å². The number of benzene rings is 2. The van der Waals surface area contributed by atoms with Crippen LogP contribution in [0.5, 0.6) is 0 Å². The molecule has 0 saturated carbocycles. The first-order valence-corrected chi connectivity index (χ1v) is 6.12. The molecule has 0 fully saturated rings. The van der Waals surface area contributed by atoms with E-state index in [-0.39, 0.29) is 10.8 Å². The van der Waals surface area contributed by atoms with E-state index >= 15 is 0 Å². The van der Waals surface area contributed by atoms with Crippen LogP contribution in [0.25, 0.3) is 0 Å². The molecule has 98 valence electrons. The molecule has 6 heteroatoms. The lowest BCUT2D eigenvalue weighted by molar-refractivity contribution is 0.586. The Bertz CT molecular complexity index is 619. The molecule has 0 aliphatic heterocycles. The number of nitrogens with one attached hydrogen (secondary N) is 2. The molecular formula is C13H9ClF2N2S. The first kappa shape index (κ1) is 13.7. The highest BCUT2D eigenvalue weighted by molar-refractivity contribution is 7.80. The summed E-state index contributed by atoms with van der Waals surface area (Å²) < 4.78 is 26.2. The largest absolute Gasteiger partial charge is 0.331 e. The summed E-state index contributed by atoms with van der Waals surface area (Å²) in [5.74, 6) is -1.36. The average Bonchev–Trinajstić information content (AvgIpc) is 2.36. The molecule has 0 unspecified atom stereocenters. The van der Waals surface area contributed by atoms with Gasteiger partial charge in [0.25, 0.3) is 0 Å². The number of hydrogen-bond acceptors (Lipinski definition) is 1. The van der Waals surface area contributed by atoms with Gasteiger partial charge in [-0.2, -0.15) is 0 Å². The molecule has 0 amide bonds. The second kappa shape index (κ2) is 5.95. The van der Waals surface area contributed by atoms with Crippen LogP contribution >= 0.6 is 23.8 Å². The summed E-state index contributed by atoms with van der Waals surface area (Å²) in [4.78, 5) is 0. The lowest BCUT2D eigenvalue weighted by Crippen LogP contribution is -2.20. The van der Waals surface area contributed by atoms with E-state index in [1.807, 2.05) is 0 Å². The Hall–Kier alpha value is -1.72. The van der Waals surface area contributed by atoms with Crippen LogP contribution in [0.15, 0.2) is 42.5 Å². The van der Waals surface area contributed by atoms with E-state index in [2.05, 4.69) is 10.6 Å². The van der Waals surface area contributed by atoms with Crippen LogP contribution in [-0.4, -0.2) is 5.11 Å². The van der Waals surface area contributed by atoms with Gasteiger partial charge in [-0.15, -0.1) is 0 Å². The fourth-order valence-corrected chi connectivity index (χ4v) is 1.83. The SMILES string of the molecule is Fc1ccc(NC(=S)Nc2ccccc2Cl)c(F)c1. The van der Waals surface area contributed by atoms with Crippen molar-refractivity contribution in [3.8, 4) is 0 Å². The molecule has 0 spiro atoms. The predicted octanol–water partition coefficient (Wildman–Crippen LogP) is 4.43. The normalized spacial score (nSPS) is 10.1. The topological polar surface area (TPSA) is 24.1 Å². The molecule has 2 aromatic rings. The number of rotatable bonds is 2. The molecule has 0 saturated heterocycles. The van der Waals surface area contributed by atoms with Crippen molar-refractivity contribution in [2.75, 3.05) is 10.6 Å². The Morgan fingerprint density at radius 1 is 1.00 bits per heavy atom. The molecule has 0 aromatic heterocycles. The Morgan fingerprint density at radius 3 is 2.37 bits per heavy atom. The van der Waals surface area contributed by atoms with Crippen molar-refractivity contribution in [3.05, 3.63) is 59.1 Å². The third-order valence-corrected chi connectivity index (χ3v) is 2.84. The number of halogens is 3. The maximum Gasteiger partial charge on any atom is 0.175 e. The molecule has 2 nitrogen and oxygen atoms in total. The average molecular weight is 299 g/mol. The van der Waals surface area contributed by atoms with E-state index in [1.165, 1.54) is 6.07 Å². The summed E-state index contributed by atoms with van der Waals surface area (Å²) in [5.41, 5.74) is 0.690. The van der Waals surface area contributed by atoms with Crippen LogP contribution in [-0.2, 0) is 0 Å². The van der Waals surface area contributed by atoms with Gasteiger partial charge in [0.05, 0.1) is 16.4 Å². The van der Waals surface area contributed by atoms with Crippen molar-refractivity contribution in [2.45, 2.75) is 0 Å². The van der Waals surface area contributed by atoms with Gasteiger partial charge in [-0.25, -0.2) is 8.78 Å². The van der Waals surface area contributed by atoms with Crippen LogP contribution in [0.4, 0.5) is 20.2 Å². The summed E-state index contributed by atoms with van der Waals surface area (Å²) in [6.45, 7) is 0. The summed E-state index contributed by atoms with van der Waals surface area (Å²) in [7, 11) is 0. The van der Waals surface area contributed by atoms with Gasteiger partial charge in [-0.1, -0.05) is 23.7 Å². The highest BCUT2D eigenvalue weighted by Crippen LogP contribution is 2.21. The van der Waals surface area contributed by atoms with Gasteiger partial charge in [0.15, 0.2) is 5.11 Å². The van der Waals surface area contributed by atoms with Crippen molar-refractivity contribution >= 4 is 40.3 Å². The van der Waals surface area contributed by atoms with E-state index in [4.69, 9.17) is 23.8 Å². The minimum Gasteiger partial charge on any atom is -0.331 e. The number of para-hydroxylation sites is 1. The maximum atomic E-state index is 13.4. The van der Waals surface area contributed by atoms with E-state index in [1.54, 1.807) is 24.3 Å². The van der Waals surface area contributed by atoms with Gasteiger partial charge in [-0.3, -0.25) is 0 Å². The minimum absolute atomic E-state index is 0.0888. The molecule has 0 aliphatic rings. The third-order valence-electron chi connectivity index (χ3n) is 2.30. The highest BCUT2D eigenvalue weighted by atomic mass is 35.5. The number of thiocarbonyl (C=S) groups is 1. The molecule has 0 atom stereocenters. The lowest BCUT2D eigenvalue weighted by Gasteiger charge is -2.12. The molecule has 0 radical (unpaired) electrons. The smallest absolute Gasteiger partial charge is 0.175 e. The maximum absolute atomic E-state index is 13.4. The van der Waals surface area contributed by atoms with Crippen LogP contribution in [0.2, 0.25) is 5.02 Å². The zero-order valence-corrected chi connectivity index (χ0v) is 11.2. The Labute approximate surface area is 119 Å². The first-order valence-electron chi connectivity index (χ1n) is 5.34. The Morgan fingerprint density at radius 2 is 1.68 bits per heavy atom. The van der Waals surface area contributed by atoms with E-state index in [0.29, 0.717) is 10.7 Å². The highest BCUT2D eigenvalue weighted by Gasteiger charge is 2.06. The van der Waals surface area contributed by atoms with Gasteiger partial charge in [-0.05, 0) is 36.5 Å². The molecule has 0 aliphatic carbocycles. The minimum atomic E-state index is -0.719. The standard InChI is InChI=1S/C13H9ClF2N2S/c14-9-3-1-2-4-11(9)17-13(19)18-12-6-5-8(15)7-10(12)16/h1-7H,(H2,17,18,19). The Kier molecular flexibility index (Phi) is 4.29. The zero-order valence-electron chi connectivity index (χ0n) is 9.58. The van der Waals surface area contributed by atoms with Crippen molar-refractivity contribution in [2.24, 2.45) is 0 Å². The predicted molar refractivity (Wildman–Crippen MR) is 77.7 cm³/mol. The fraction of sp³-hybridized carbons (Fsp3) is 0. The molecule has 2 N–H and O–H groups in total. The molecule has 0 bridgehead atoms. The lowest BCUT2D eigenvalue weighted by atomic mass is 10.3. The summed E-state index contributed by atoms with van der Waals surface area (Å²) in [6, 6.07) is 10.2. The molecular weight excluding hydrogens is 290 g/mol. The zero-order chi connectivity index (χ0) is 13.8. The summed E-state index contributed by atoms with van der Waals surface area (Å²) in [6.07, 6.45) is 0. The van der Waals surface area contributed by atoms with E-state index in [0.717, 1.165) is 12.1 Å². The molecule has 19 heavy (non-hydrogen) atoms. The van der Waals surface area contributed by atoms with Crippen molar-refractivity contribution in [1.82, 2.24) is 0 Å². The number of hydrogen-bond donors (Lipinski definition) is 2. The Balaban J connectivity index is 2.08. The summed E-state index contributed by atoms with van der Waals surface area (Å²) >= 11 is 11.0. The van der Waals surface area contributed by atoms with Crippen molar-refractivity contribution in [3.63, 3.8) is 0 Å². The quantitative estimate of drug-likeness (QED) is 0.802.